The number of hydrogen-bond acceptors (Lipinski definition) is 0. The van der Waals surface area contributed by atoms with Crippen molar-refractivity contribution in [2.24, 2.45) is 35.0 Å². The predicted molar refractivity (Wildman–Crippen MR) is 53.2 cm³/mol. The van der Waals surface area contributed by atoms with E-state index in [9.17, 15) is 0 Å². The van der Waals surface area contributed by atoms with Crippen LogP contribution in [0.25, 0.3) is 0 Å². The summed E-state index contributed by atoms with van der Waals surface area (Å²) in [5.74, 6) is 5.34. The molecular weight excluding hydrogens is 156 g/mol. The van der Waals surface area contributed by atoms with Crippen molar-refractivity contribution in [3.63, 3.8) is 0 Å². The summed E-state index contributed by atoms with van der Waals surface area (Å²) in [7, 11) is 0. The molecule has 2 bridgehead atoms. The summed E-state index contributed by atoms with van der Waals surface area (Å²) in [6, 6.07) is 0. The Morgan fingerprint density at radius 3 is 3.08 bits per heavy atom. The van der Waals surface area contributed by atoms with Crippen LogP contribution >= 0.6 is 0 Å². The lowest BCUT2D eigenvalue weighted by Crippen LogP contribution is -2.54. The Morgan fingerprint density at radius 1 is 1.23 bits per heavy atom. The van der Waals surface area contributed by atoms with E-state index in [1.807, 2.05) is 0 Å². The van der Waals surface area contributed by atoms with Crippen molar-refractivity contribution in [3.8, 4) is 0 Å². The lowest BCUT2D eigenvalue weighted by molar-refractivity contribution is -0.0994. The van der Waals surface area contributed by atoms with E-state index < -0.39 is 0 Å². The van der Waals surface area contributed by atoms with Gasteiger partial charge in [0.1, 0.15) is 0 Å². The van der Waals surface area contributed by atoms with Crippen LogP contribution in [0, 0.1) is 35.0 Å². The molecule has 3 fully saturated rings. The molecule has 0 amide bonds. The molecule has 0 radical (unpaired) electrons. The van der Waals surface area contributed by atoms with E-state index in [1.54, 1.807) is 12.8 Å². The number of rotatable bonds is 0. The fourth-order valence-corrected chi connectivity index (χ4v) is 5.54. The summed E-state index contributed by atoms with van der Waals surface area (Å²) in [6.45, 7) is 2.60. The number of allylic oxidation sites excluding steroid dienone is 2. The quantitative estimate of drug-likeness (QED) is 0.494. The molecule has 0 spiro atoms. The second-order valence-electron chi connectivity index (χ2n) is 5.98. The first-order valence-corrected chi connectivity index (χ1v) is 6.00. The van der Waals surface area contributed by atoms with E-state index in [4.69, 9.17) is 0 Å². The van der Waals surface area contributed by atoms with Gasteiger partial charge in [-0.1, -0.05) is 25.5 Å². The van der Waals surface area contributed by atoms with Gasteiger partial charge in [-0.15, -0.1) is 0 Å². The number of fused-ring (bicyclic) bond motifs is 8. The molecule has 0 N–H and O–H groups in total. The smallest absolute Gasteiger partial charge is 0.0168 e. The van der Waals surface area contributed by atoms with Gasteiger partial charge in [-0.3, -0.25) is 0 Å². The summed E-state index contributed by atoms with van der Waals surface area (Å²) in [5, 5.41) is 0. The minimum absolute atomic E-state index is 0.764. The Morgan fingerprint density at radius 2 is 2.15 bits per heavy atom. The van der Waals surface area contributed by atoms with Gasteiger partial charge < -0.3 is 0 Å². The van der Waals surface area contributed by atoms with Crippen LogP contribution in [-0.4, -0.2) is 0 Å². The zero-order valence-corrected chi connectivity index (χ0v) is 8.37. The minimum Gasteiger partial charge on any atom is -0.0848 e. The van der Waals surface area contributed by atoms with Gasteiger partial charge in [0, 0.05) is 0 Å². The molecule has 0 aliphatic heterocycles. The zero-order chi connectivity index (χ0) is 8.63. The third kappa shape index (κ3) is 0.556. The first-order chi connectivity index (χ1) is 6.32. The zero-order valence-electron chi connectivity index (χ0n) is 8.37. The van der Waals surface area contributed by atoms with Gasteiger partial charge in [0.25, 0.3) is 0 Å². The van der Waals surface area contributed by atoms with Gasteiger partial charge in [0.05, 0.1) is 0 Å². The molecule has 4 aliphatic rings. The van der Waals surface area contributed by atoms with Gasteiger partial charge in [-0.2, -0.15) is 0 Å². The molecule has 6 atom stereocenters. The largest absolute Gasteiger partial charge is 0.0848 e. The molecule has 0 aromatic carbocycles. The van der Waals surface area contributed by atoms with Crippen LogP contribution in [0.4, 0.5) is 0 Å². The molecule has 0 unspecified atom stereocenters. The molecule has 0 heterocycles. The molecule has 4 aliphatic carbocycles. The van der Waals surface area contributed by atoms with Gasteiger partial charge in [0.2, 0.25) is 0 Å². The second kappa shape index (κ2) is 1.89. The summed E-state index contributed by atoms with van der Waals surface area (Å²) in [4.78, 5) is 0. The first kappa shape index (κ1) is 7.09. The monoisotopic (exact) mass is 174 g/mol. The van der Waals surface area contributed by atoms with Crippen molar-refractivity contribution >= 4 is 0 Å². The van der Waals surface area contributed by atoms with Crippen LogP contribution in [0.2, 0.25) is 0 Å². The summed E-state index contributed by atoms with van der Waals surface area (Å²) >= 11 is 0. The average molecular weight is 174 g/mol. The fraction of sp³-hybridized carbons (Fsp3) is 0.846. The van der Waals surface area contributed by atoms with Crippen molar-refractivity contribution in [2.75, 3.05) is 0 Å². The Labute approximate surface area is 80.4 Å². The van der Waals surface area contributed by atoms with E-state index in [2.05, 4.69) is 19.1 Å². The molecule has 13 heavy (non-hydrogen) atoms. The maximum absolute atomic E-state index is 2.60. The highest BCUT2D eigenvalue weighted by Crippen LogP contribution is 2.75. The highest BCUT2D eigenvalue weighted by molar-refractivity contribution is 5.27. The Balaban J connectivity index is 1.82. The summed E-state index contributed by atoms with van der Waals surface area (Å²) < 4.78 is 0. The lowest BCUT2D eigenvalue weighted by atomic mass is 9.45. The molecule has 0 saturated heterocycles. The van der Waals surface area contributed by atoms with Crippen molar-refractivity contribution in [3.05, 3.63) is 12.2 Å². The minimum atomic E-state index is 0.764. The van der Waals surface area contributed by atoms with Crippen LogP contribution < -0.4 is 0 Å². The lowest BCUT2D eigenvalue weighted by Gasteiger charge is -2.59. The van der Waals surface area contributed by atoms with Crippen LogP contribution in [0.1, 0.15) is 32.6 Å². The van der Waals surface area contributed by atoms with Gasteiger partial charge in [-0.25, -0.2) is 0 Å². The highest BCUT2D eigenvalue weighted by Gasteiger charge is 2.69. The molecule has 0 nitrogen and oxygen atoms in total. The maximum atomic E-state index is 2.60. The van der Waals surface area contributed by atoms with Crippen molar-refractivity contribution < 1.29 is 0 Å². The standard InChI is InChI=1S/C13H18/c1-13-9-6-5-8(7-9)12(13)10-3-2-4-11(10)13/h5-6,8-12H,2-4,7H2,1H3/t8-,9+,10+,11-,12-,13+/m0/s1. The SMILES string of the molecule is C[C@]12[C@H]([C@@H]3CCC[C@@H]31)[C@H]1C=C[C@@H]2C1. The van der Waals surface area contributed by atoms with Gasteiger partial charge in [-0.05, 0) is 54.3 Å². The molecular formula is C13H18. The van der Waals surface area contributed by atoms with Crippen molar-refractivity contribution in [2.45, 2.75) is 32.6 Å². The van der Waals surface area contributed by atoms with Crippen molar-refractivity contribution in [1.29, 1.82) is 0 Å². The summed E-state index contributed by atoms with van der Waals surface area (Å²) in [6.07, 6.45) is 11.2. The molecule has 0 aromatic rings. The highest BCUT2D eigenvalue weighted by atomic mass is 14.7. The van der Waals surface area contributed by atoms with Gasteiger partial charge >= 0.3 is 0 Å². The topological polar surface area (TPSA) is 0 Å². The third-order valence-electron chi connectivity index (χ3n) is 5.92. The fourth-order valence-electron chi connectivity index (χ4n) is 5.54. The van der Waals surface area contributed by atoms with Crippen molar-refractivity contribution in [1.82, 2.24) is 0 Å². The third-order valence-corrected chi connectivity index (χ3v) is 5.92. The van der Waals surface area contributed by atoms with E-state index in [0.717, 1.165) is 35.0 Å². The maximum Gasteiger partial charge on any atom is -0.0168 e. The van der Waals surface area contributed by atoms with Crippen LogP contribution in [0.3, 0.4) is 0 Å². The normalized spacial score (nSPS) is 66.4. The Hall–Kier alpha value is -0.260. The Kier molecular flexibility index (Phi) is 1.03. The van der Waals surface area contributed by atoms with Crippen LogP contribution in [0.15, 0.2) is 12.2 Å². The molecule has 70 valence electrons. The predicted octanol–water partition coefficient (Wildman–Crippen LogP) is 3.24. The molecule has 0 heteroatoms. The van der Waals surface area contributed by atoms with E-state index in [-0.39, 0.29) is 0 Å². The van der Waals surface area contributed by atoms with E-state index in [0.29, 0.717) is 0 Å². The van der Waals surface area contributed by atoms with E-state index in [1.165, 1.54) is 12.8 Å². The van der Waals surface area contributed by atoms with Crippen LogP contribution in [0.5, 0.6) is 0 Å². The second-order valence-corrected chi connectivity index (χ2v) is 5.98. The van der Waals surface area contributed by atoms with Gasteiger partial charge in [0.15, 0.2) is 0 Å². The average Bonchev–Trinajstić information content (AvgIpc) is 2.73. The molecule has 3 saturated carbocycles. The Bertz CT molecular complexity index is 290. The number of hydrogen-bond donors (Lipinski definition) is 0. The summed E-state index contributed by atoms with van der Waals surface area (Å²) in [5.41, 5.74) is 0.764. The van der Waals surface area contributed by atoms with Crippen LogP contribution in [-0.2, 0) is 0 Å². The first-order valence-electron chi connectivity index (χ1n) is 6.00. The molecule has 0 aromatic heterocycles. The van der Waals surface area contributed by atoms with E-state index >= 15 is 0 Å². The molecule has 4 rings (SSSR count).